The summed E-state index contributed by atoms with van der Waals surface area (Å²) in [6.07, 6.45) is 4.49. The highest BCUT2D eigenvalue weighted by atomic mass is 127. The molecule has 0 spiro atoms. The summed E-state index contributed by atoms with van der Waals surface area (Å²) in [6, 6.07) is 16.2. The third-order valence-corrected chi connectivity index (χ3v) is 7.16. The Bertz CT molecular complexity index is 1090. The molecule has 0 bridgehead atoms. The zero-order valence-corrected chi connectivity index (χ0v) is 19.6. The Hall–Kier alpha value is -2.41. The SMILES string of the molecule is COc1ccc(C2C3=C(CCCC3=O)N(c3cccc(I)c3)C3=C2C(=O)CCC3)cc1. The van der Waals surface area contributed by atoms with E-state index < -0.39 is 0 Å². The van der Waals surface area contributed by atoms with Gasteiger partial charge in [0, 0.05) is 50.6 Å². The number of ketones is 2. The van der Waals surface area contributed by atoms with Gasteiger partial charge in [-0.15, -0.1) is 0 Å². The molecule has 31 heavy (non-hydrogen) atoms. The third kappa shape index (κ3) is 3.53. The summed E-state index contributed by atoms with van der Waals surface area (Å²) in [5.41, 5.74) is 5.81. The Labute approximate surface area is 196 Å². The molecule has 3 aliphatic rings. The lowest BCUT2D eigenvalue weighted by molar-refractivity contribution is -0.116. The number of allylic oxidation sites excluding steroid dienone is 4. The largest absolute Gasteiger partial charge is 0.497 e. The van der Waals surface area contributed by atoms with Gasteiger partial charge in [-0.2, -0.15) is 0 Å². The molecule has 0 saturated carbocycles. The Morgan fingerprint density at radius 3 is 2.03 bits per heavy atom. The molecule has 0 fully saturated rings. The van der Waals surface area contributed by atoms with E-state index in [-0.39, 0.29) is 17.5 Å². The van der Waals surface area contributed by atoms with Crippen LogP contribution in [0.3, 0.4) is 0 Å². The number of ether oxygens (including phenoxy) is 1. The van der Waals surface area contributed by atoms with Crippen LogP contribution in [-0.2, 0) is 9.59 Å². The van der Waals surface area contributed by atoms with Crippen LogP contribution in [0.25, 0.3) is 0 Å². The Kier molecular flexibility index (Phi) is 5.46. The number of benzene rings is 2. The van der Waals surface area contributed by atoms with Crippen molar-refractivity contribution < 1.29 is 14.3 Å². The second-order valence-electron chi connectivity index (χ2n) is 8.30. The molecule has 158 valence electrons. The lowest BCUT2D eigenvalue weighted by Gasteiger charge is -2.44. The number of anilines is 1. The van der Waals surface area contributed by atoms with E-state index in [1.54, 1.807) is 7.11 Å². The van der Waals surface area contributed by atoms with Gasteiger partial charge in [-0.25, -0.2) is 0 Å². The fraction of sp³-hybridized carbons (Fsp3) is 0.308. The molecule has 4 nitrogen and oxygen atoms in total. The summed E-state index contributed by atoms with van der Waals surface area (Å²) in [4.78, 5) is 28.9. The molecule has 0 saturated heterocycles. The number of halogens is 1. The van der Waals surface area contributed by atoms with Crippen LogP contribution >= 0.6 is 22.6 Å². The Morgan fingerprint density at radius 1 is 0.871 bits per heavy atom. The van der Waals surface area contributed by atoms with Gasteiger partial charge in [-0.05, 0) is 84.2 Å². The minimum atomic E-state index is -0.282. The molecular formula is C26H24INO3. The molecule has 0 aromatic heterocycles. The summed E-state index contributed by atoms with van der Waals surface area (Å²) in [7, 11) is 1.64. The molecule has 0 amide bonds. The van der Waals surface area contributed by atoms with Crippen LogP contribution in [0.15, 0.2) is 71.1 Å². The maximum atomic E-state index is 13.3. The van der Waals surface area contributed by atoms with Crippen LogP contribution < -0.4 is 9.64 Å². The minimum absolute atomic E-state index is 0.169. The molecule has 5 heteroatoms. The molecule has 0 unspecified atom stereocenters. The molecule has 1 aliphatic heterocycles. The van der Waals surface area contributed by atoms with Crippen LogP contribution in [0.5, 0.6) is 5.75 Å². The molecular weight excluding hydrogens is 501 g/mol. The van der Waals surface area contributed by atoms with Gasteiger partial charge in [0.2, 0.25) is 0 Å². The number of Topliss-reactive ketones (excluding diaryl/α,β-unsaturated/α-hetero) is 2. The number of hydrogen-bond acceptors (Lipinski definition) is 4. The van der Waals surface area contributed by atoms with Crippen molar-refractivity contribution in [3.63, 3.8) is 0 Å². The fourth-order valence-electron chi connectivity index (χ4n) is 5.18. The van der Waals surface area contributed by atoms with E-state index in [0.29, 0.717) is 12.8 Å². The summed E-state index contributed by atoms with van der Waals surface area (Å²) in [5, 5.41) is 0. The van der Waals surface area contributed by atoms with Crippen LogP contribution in [0.2, 0.25) is 0 Å². The molecule has 0 N–H and O–H groups in total. The van der Waals surface area contributed by atoms with Crippen molar-refractivity contribution in [2.24, 2.45) is 0 Å². The molecule has 5 rings (SSSR count). The zero-order valence-electron chi connectivity index (χ0n) is 17.5. The molecule has 2 aliphatic carbocycles. The topological polar surface area (TPSA) is 46.6 Å². The Morgan fingerprint density at radius 2 is 1.48 bits per heavy atom. The van der Waals surface area contributed by atoms with Crippen molar-refractivity contribution in [2.45, 2.75) is 44.4 Å². The van der Waals surface area contributed by atoms with Crippen molar-refractivity contribution >= 4 is 39.8 Å². The monoisotopic (exact) mass is 525 g/mol. The van der Waals surface area contributed by atoms with Crippen LogP contribution in [-0.4, -0.2) is 18.7 Å². The van der Waals surface area contributed by atoms with E-state index in [4.69, 9.17) is 4.74 Å². The second-order valence-corrected chi connectivity index (χ2v) is 9.54. The van der Waals surface area contributed by atoms with Gasteiger partial charge in [0.15, 0.2) is 11.6 Å². The van der Waals surface area contributed by atoms with Gasteiger partial charge in [0.1, 0.15) is 5.75 Å². The van der Waals surface area contributed by atoms with Gasteiger partial charge in [0.05, 0.1) is 7.11 Å². The fourth-order valence-corrected chi connectivity index (χ4v) is 5.70. The first-order valence-electron chi connectivity index (χ1n) is 10.8. The number of hydrogen-bond donors (Lipinski definition) is 0. The predicted molar refractivity (Wildman–Crippen MR) is 129 cm³/mol. The van der Waals surface area contributed by atoms with Gasteiger partial charge in [0.25, 0.3) is 0 Å². The maximum absolute atomic E-state index is 13.3. The normalized spacial score (nSPS) is 19.5. The van der Waals surface area contributed by atoms with Crippen LogP contribution in [0, 0.1) is 3.57 Å². The quantitative estimate of drug-likeness (QED) is 0.467. The molecule has 0 radical (unpaired) electrons. The van der Waals surface area contributed by atoms with Gasteiger partial charge in [-0.1, -0.05) is 18.2 Å². The minimum Gasteiger partial charge on any atom is -0.497 e. The lowest BCUT2D eigenvalue weighted by atomic mass is 9.71. The second kappa shape index (κ2) is 8.26. The maximum Gasteiger partial charge on any atom is 0.161 e. The number of methoxy groups -OCH3 is 1. The van der Waals surface area contributed by atoms with E-state index >= 15 is 0 Å². The Balaban J connectivity index is 1.76. The summed E-state index contributed by atoms with van der Waals surface area (Å²) in [6.45, 7) is 0. The molecule has 0 atom stereocenters. The molecule has 2 aromatic carbocycles. The number of carbonyl (C=O) groups excluding carboxylic acids is 2. The average molecular weight is 525 g/mol. The predicted octanol–water partition coefficient (Wildman–Crippen LogP) is 5.92. The highest BCUT2D eigenvalue weighted by molar-refractivity contribution is 14.1. The van der Waals surface area contributed by atoms with Crippen molar-refractivity contribution in [1.29, 1.82) is 0 Å². The van der Waals surface area contributed by atoms with Gasteiger partial charge in [-0.3, -0.25) is 9.59 Å². The first-order chi connectivity index (χ1) is 15.1. The lowest BCUT2D eigenvalue weighted by Crippen LogP contribution is -2.39. The highest BCUT2D eigenvalue weighted by Gasteiger charge is 2.43. The zero-order chi connectivity index (χ0) is 21.5. The number of carbonyl (C=O) groups is 2. The average Bonchev–Trinajstić information content (AvgIpc) is 2.78. The first-order valence-corrected chi connectivity index (χ1v) is 11.9. The summed E-state index contributed by atoms with van der Waals surface area (Å²) < 4.78 is 6.47. The van der Waals surface area contributed by atoms with Gasteiger partial charge >= 0.3 is 0 Å². The summed E-state index contributed by atoms with van der Waals surface area (Å²) in [5.74, 6) is 0.828. The molecule has 1 heterocycles. The van der Waals surface area contributed by atoms with E-state index in [1.807, 2.05) is 30.3 Å². The van der Waals surface area contributed by atoms with E-state index in [1.165, 1.54) is 0 Å². The van der Waals surface area contributed by atoms with E-state index in [9.17, 15) is 9.59 Å². The first kappa shape index (κ1) is 20.5. The third-order valence-electron chi connectivity index (χ3n) is 6.49. The van der Waals surface area contributed by atoms with Crippen molar-refractivity contribution in [2.75, 3.05) is 12.0 Å². The van der Waals surface area contributed by atoms with E-state index in [0.717, 1.165) is 68.8 Å². The van der Waals surface area contributed by atoms with Crippen LogP contribution in [0.1, 0.15) is 50.0 Å². The summed E-state index contributed by atoms with van der Waals surface area (Å²) >= 11 is 2.32. The van der Waals surface area contributed by atoms with Gasteiger partial charge < -0.3 is 9.64 Å². The number of rotatable bonds is 3. The standard InChI is InChI=1S/C26H24INO3/c1-31-19-13-11-16(12-14-19)24-25-20(7-3-9-22(25)29)28(18-6-2-5-17(27)15-18)21-8-4-10-23(30)26(21)24/h2,5-6,11-15,24H,3-4,7-10H2,1H3. The highest BCUT2D eigenvalue weighted by Crippen LogP contribution is 2.50. The van der Waals surface area contributed by atoms with E-state index in [2.05, 4.69) is 45.7 Å². The van der Waals surface area contributed by atoms with Crippen molar-refractivity contribution in [3.05, 3.63) is 80.2 Å². The smallest absolute Gasteiger partial charge is 0.161 e. The number of nitrogens with zero attached hydrogens (tertiary/aromatic N) is 1. The van der Waals surface area contributed by atoms with Crippen molar-refractivity contribution in [3.8, 4) is 5.75 Å². The molecule has 2 aromatic rings. The van der Waals surface area contributed by atoms with Crippen molar-refractivity contribution in [1.82, 2.24) is 0 Å². The van der Waals surface area contributed by atoms with Crippen LogP contribution in [0.4, 0.5) is 5.69 Å².